The number of aldehydes is 1. The van der Waals surface area contributed by atoms with E-state index >= 15 is 0 Å². The van der Waals surface area contributed by atoms with E-state index in [1.54, 1.807) is 0 Å². The van der Waals surface area contributed by atoms with E-state index in [1.807, 2.05) is 0 Å². The van der Waals surface area contributed by atoms with Gasteiger partial charge in [0.25, 0.3) is 0 Å². The van der Waals surface area contributed by atoms with Crippen LogP contribution in [0.3, 0.4) is 0 Å². The second kappa shape index (κ2) is 4.78. The molecule has 1 nitrogen and oxygen atoms in total. The van der Waals surface area contributed by atoms with Gasteiger partial charge in [0.2, 0.25) is 0 Å². The summed E-state index contributed by atoms with van der Waals surface area (Å²) in [5.41, 5.74) is 0. The van der Waals surface area contributed by atoms with Crippen LogP contribution in [0.1, 0.15) is 46.5 Å². The van der Waals surface area contributed by atoms with Crippen LogP contribution in [0, 0.1) is 23.7 Å². The second-order valence-electron chi connectivity index (χ2n) is 4.96. The van der Waals surface area contributed by atoms with Crippen molar-refractivity contribution < 1.29 is 4.79 Å². The maximum Gasteiger partial charge on any atom is 0.120 e. The summed E-state index contributed by atoms with van der Waals surface area (Å²) in [6.07, 6.45) is 5.85. The van der Waals surface area contributed by atoms with Crippen molar-refractivity contribution >= 4 is 6.29 Å². The van der Waals surface area contributed by atoms with Crippen LogP contribution >= 0.6 is 0 Å². The molecule has 0 N–H and O–H groups in total. The lowest BCUT2D eigenvalue weighted by atomic mass is 9.70. The molecule has 1 aliphatic rings. The average Bonchev–Trinajstić information content (AvgIpc) is 2.08. The Hall–Kier alpha value is -0.330. The molecule has 0 radical (unpaired) electrons. The average molecular weight is 182 g/mol. The molecule has 13 heavy (non-hydrogen) atoms. The van der Waals surface area contributed by atoms with Crippen molar-refractivity contribution in [1.29, 1.82) is 0 Å². The lowest BCUT2D eigenvalue weighted by Gasteiger charge is -2.35. The molecule has 1 heteroatoms. The normalized spacial score (nSPS) is 34.9. The fourth-order valence-electron chi connectivity index (χ4n) is 2.51. The van der Waals surface area contributed by atoms with E-state index in [2.05, 4.69) is 20.8 Å². The standard InChI is InChI=1S/C12H22O/c1-9(2)11-5-4-10(3)12(8-11)6-7-13/h7,9-12H,4-6,8H2,1-3H3. The molecule has 0 spiro atoms. The van der Waals surface area contributed by atoms with E-state index < -0.39 is 0 Å². The van der Waals surface area contributed by atoms with Gasteiger partial charge in [0.15, 0.2) is 0 Å². The first-order valence-corrected chi connectivity index (χ1v) is 5.58. The highest BCUT2D eigenvalue weighted by Crippen LogP contribution is 2.38. The molecule has 3 unspecified atom stereocenters. The summed E-state index contributed by atoms with van der Waals surface area (Å²) in [4.78, 5) is 10.5. The van der Waals surface area contributed by atoms with Crippen molar-refractivity contribution in [1.82, 2.24) is 0 Å². The predicted octanol–water partition coefficient (Wildman–Crippen LogP) is 3.28. The third kappa shape index (κ3) is 2.82. The quantitative estimate of drug-likeness (QED) is 0.612. The number of hydrogen-bond acceptors (Lipinski definition) is 1. The van der Waals surface area contributed by atoms with Gasteiger partial charge in [0.1, 0.15) is 6.29 Å². The van der Waals surface area contributed by atoms with Gasteiger partial charge in [-0.25, -0.2) is 0 Å². The van der Waals surface area contributed by atoms with Gasteiger partial charge in [-0.15, -0.1) is 0 Å². The Balaban J connectivity index is 2.47. The van der Waals surface area contributed by atoms with E-state index in [0.29, 0.717) is 5.92 Å². The van der Waals surface area contributed by atoms with Gasteiger partial charge in [0.05, 0.1) is 0 Å². The van der Waals surface area contributed by atoms with Crippen molar-refractivity contribution in [2.24, 2.45) is 23.7 Å². The van der Waals surface area contributed by atoms with Crippen LogP contribution in [0.25, 0.3) is 0 Å². The highest BCUT2D eigenvalue weighted by atomic mass is 16.1. The molecule has 0 aliphatic heterocycles. The maximum absolute atomic E-state index is 10.5. The Labute approximate surface area is 81.9 Å². The highest BCUT2D eigenvalue weighted by molar-refractivity contribution is 5.49. The molecule has 76 valence electrons. The van der Waals surface area contributed by atoms with Gasteiger partial charge in [-0.1, -0.05) is 27.2 Å². The minimum absolute atomic E-state index is 0.665. The van der Waals surface area contributed by atoms with Crippen LogP contribution in [0.15, 0.2) is 0 Å². The van der Waals surface area contributed by atoms with E-state index in [9.17, 15) is 4.79 Å². The molecule has 0 saturated heterocycles. The zero-order valence-corrected chi connectivity index (χ0v) is 9.12. The molecular formula is C12H22O. The predicted molar refractivity (Wildman–Crippen MR) is 55.5 cm³/mol. The van der Waals surface area contributed by atoms with E-state index in [0.717, 1.165) is 30.5 Å². The summed E-state index contributed by atoms with van der Waals surface area (Å²) in [6.45, 7) is 6.90. The van der Waals surface area contributed by atoms with Gasteiger partial charge >= 0.3 is 0 Å². The second-order valence-corrected chi connectivity index (χ2v) is 4.96. The molecule has 1 saturated carbocycles. The third-order valence-corrected chi connectivity index (χ3v) is 3.74. The van der Waals surface area contributed by atoms with Gasteiger partial charge in [0, 0.05) is 6.42 Å². The molecular weight excluding hydrogens is 160 g/mol. The molecule has 0 heterocycles. The third-order valence-electron chi connectivity index (χ3n) is 3.74. The SMILES string of the molecule is CC(C)C1CCC(C)C(CC=O)C1. The van der Waals surface area contributed by atoms with Crippen LogP contribution in [-0.2, 0) is 4.79 Å². The Morgan fingerprint density at radius 1 is 1.38 bits per heavy atom. The van der Waals surface area contributed by atoms with Crippen LogP contribution in [0.5, 0.6) is 0 Å². The first kappa shape index (κ1) is 10.7. The lowest BCUT2D eigenvalue weighted by Crippen LogP contribution is -2.26. The number of carbonyl (C=O) groups excluding carboxylic acids is 1. The number of carbonyl (C=O) groups is 1. The summed E-state index contributed by atoms with van der Waals surface area (Å²) in [7, 11) is 0. The van der Waals surface area contributed by atoms with E-state index in [1.165, 1.54) is 19.3 Å². The summed E-state index contributed by atoms with van der Waals surface area (Å²) in [6, 6.07) is 0. The highest BCUT2D eigenvalue weighted by Gasteiger charge is 2.28. The fraction of sp³-hybridized carbons (Fsp3) is 0.917. The Morgan fingerprint density at radius 3 is 2.62 bits per heavy atom. The summed E-state index contributed by atoms with van der Waals surface area (Å²) in [5, 5.41) is 0. The van der Waals surface area contributed by atoms with Crippen molar-refractivity contribution in [2.75, 3.05) is 0 Å². The molecule has 0 aromatic heterocycles. The largest absolute Gasteiger partial charge is 0.303 e. The maximum atomic E-state index is 10.5. The van der Waals surface area contributed by atoms with Gasteiger partial charge in [-0.05, 0) is 36.5 Å². The fourth-order valence-corrected chi connectivity index (χ4v) is 2.51. The van der Waals surface area contributed by atoms with Crippen LogP contribution in [0.4, 0.5) is 0 Å². The molecule has 0 bridgehead atoms. The first-order valence-electron chi connectivity index (χ1n) is 5.58. The molecule has 0 aromatic rings. The van der Waals surface area contributed by atoms with Crippen LogP contribution < -0.4 is 0 Å². The van der Waals surface area contributed by atoms with Crippen molar-refractivity contribution in [3.05, 3.63) is 0 Å². The Morgan fingerprint density at radius 2 is 2.08 bits per heavy atom. The Bertz CT molecular complexity index is 163. The summed E-state index contributed by atoms with van der Waals surface area (Å²) >= 11 is 0. The molecule has 3 atom stereocenters. The van der Waals surface area contributed by atoms with Crippen molar-refractivity contribution in [2.45, 2.75) is 46.5 Å². The summed E-state index contributed by atoms with van der Waals surface area (Å²) < 4.78 is 0. The molecule has 1 aliphatic carbocycles. The van der Waals surface area contributed by atoms with Gasteiger partial charge in [-0.3, -0.25) is 0 Å². The Kier molecular flexibility index (Phi) is 3.95. The first-order chi connectivity index (χ1) is 6.15. The number of hydrogen-bond donors (Lipinski definition) is 0. The lowest BCUT2D eigenvalue weighted by molar-refractivity contribution is -0.109. The molecule has 1 rings (SSSR count). The van der Waals surface area contributed by atoms with Gasteiger partial charge < -0.3 is 4.79 Å². The number of rotatable bonds is 3. The molecule has 0 aromatic carbocycles. The zero-order chi connectivity index (χ0) is 9.84. The van der Waals surface area contributed by atoms with E-state index in [-0.39, 0.29) is 0 Å². The minimum Gasteiger partial charge on any atom is -0.303 e. The molecule has 0 amide bonds. The van der Waals surface area contributed by atoms with Gasteiger partial charge in [-0.2, -0.15) is 0 Å². The zero-order valence-electron chi connectivity index (χ0n) is 9.12. The topological polar surface area (TPSA) is 17.1 Å². The van der Waals surface area contributed by atoms with E-state index in [4.69, 9.17) is 0 Å². The van der Waals surface area contributed by atoms with Crippen LogP contribution in [0.2, 0.25) is 0 Å². The van der Waals surface area contributed by atoms with Crippen molar-refractivity contribution in [3.63, 3.8) is 0 Å². The molecule has 1 fully saturated rings. The van der Waals surface area contributed by atoms with Crippen molar-refractivity contribution in [3.8, 4) is 0 Å². The summed E-state index contributed by atoms with van der Waals surface area (Å²) in [5.74, 6) is 3.08. The monoisotopic (exact) mass is 182 g/mol. The van der Waals surface area contributed by atoms with Crippen LogP contribution in [-0.4, -0.2) is 6.29 Å². The smallest absolute Gasteiger partial charge is 0.120 e. The minimum atomic E-state index is 0.665.